The maximum Gasteiger partial charge on any atom is 0.414 e. The lowest BCUT2D eigenvalue weighted by molar-refractivity contribution is -0.123. The molecule has 0 radical (unpaired) electrons. The van der Waals surface area contributed by atoms with Gasteiger partial charge in [-0.25, -0.2) is 24.3 Å². The smallest absolute Gasteiger partial charge is 0.341 e. The van der Waals surface area contributed by atoms with Crippen LogP contribution < -0.4 is 10.6 Å². The largest absolute Gasteiger partial charge is 0.414 e. The van der Waals surface area contributed by atoms with Crippen LogP contribution in [0.4, 0.5) is 34.8 Å². The molecular weight excluding hydrogens is 492 g/mol. The zero-order valence-corrected chi connectivity index (χ0v) is 19.1. The summed E-state index contributed by atoms with van der Waals surface area (Å²) in [6.07, 6.45) is 0.971. The van der Waals surface area contributed by atoms with Crippen LogP contribution >= 0.6 is 0 Å². The number of hydrogen-bond donors (Lipinski definition) is 3. The number of aliphatic imine (C=N–C) groups is 1. The number of nitrogens with one attached hydrogen (secondary N) is 3. The van der Waals surface area contributed by atoms with E-state index in [0.29, 0.717) is 40.1 Å². The van der Waals surface area contributed by atoms with Crippen LogP contribution in [-0.4, -0.2) is 43.2 Å². The van der Waals surface area contributed by atoms with Crippen LogP contribution in [0.2, 0.25) is 0 Å². The molecule has 0 aliphatic carbocycles. The van der Waals surface area contributed by atoms with Crippen molar-refractivity contribution >= 4 is 40.5 Å². The van der Waals surface area contributed by atoms with Crippen molar-refractivity contribution in [1.29, 1.82) is 0 Å². The Hall–Kier alpha value is -4.68. The molecule has 3 aromatic heterocycles. The fraction of sp³-hybridized carbons (Fsp3) is 0.167. The standard InChI is InChI=1S/C24H18F4N8O/c1-23(8-13(9-29-10-23)24(26,27)28)22(37)36-17-7-14(4-5-16(17)25)35-20-15(3-2-6-30-20)18-19-21(33-11-31-18)34-12-32-19/h2-7,9-12H,8H2,1H3,(H,30,35)(H,36,37)(H,31,32,33,34). The number of nitrogens with zero attached hydrogens (tertiary/aromatic N) is 5. The van der Waals surface area contributed by atoms with E-state index in [1.807, 2.05) is 0 Å². The lowest BCUT2D eigenvalue weighted by Crippen LogP contribution is -2.38. The highest BCUT2D eigenvalue weighted by Crippen LogP contribution is 2.38. The second kappa shape index (κ2) is 9.08. The highest BCUT2D eigenvalue weighted by molar-refractivity contribution is 6.06. The summed E-state index contributed by atoms with van der Waals surface area (Å²) in [4.78, 5) is 36.4. The summed E-state index contributed by atoms with van der Waals surface area (Å²) in [5.74, 6) is -1.21. The molecule has 3 N–H and O–H groups in total. The van der Waals surface area contributed by atoms with E-state index >= 15 is 0 Å². The minimum atomic E-state index is -4.62. The predicted molar refractivity (Wildman–Crippen MR) is 129 cm³/mol. The number of H-pyrrole nitrogens is 1. The molecule has 13 heteroatoms. The van der Waals surface area contributed by atoms with Crippen molar-refractivity contribution in [3.8, 4) is 11.3 Å². The normalized spacial score (nSPS) is 17.5. The van der Waals surface area contributed by atoms with Gasteiger partial charge in [0.15, 0.2) is 5.65 Å². The van der Waals surface area contributed by atoms with Crippen LogP contribution in [0.15, 0.2) is 65.9 Å². The van der Waals surface area contributed by atoms with Crippen LogP contribution in [0.1, 0.15) is 13.3 Å². The van der Waals surface area contributed by atoms with E-state index in [-0.39, 0.29) is 5.69 Å². The van der Waals surface area contributed by atoms with E-state index in [9.17, 15) is 22.4 Å². The number of benzene rings is 1. The van der Waals surface area contributed by atoms with Crippen LogP contribution in [0.25, 0.3) is 22.4 Å². The summed E-state index contributed by atoms with van der Waals surface area (Å²) in [5, 5.41) is 5.47. The molecule has 0 spiro atoms. The number of anilines is 3. The zero-order valence-electron chi connectivity index (χ0n) is 19.1. The number of imidazole rings is 1. The zero-order chi connectivity index (χ0) is 26.2. The maximum absolute atomic E-state index is 14.6. The third-order valence-electron chi connectivity index (χ3n) is 5.79. The number of hydrogen-bond acceptors (Lipinski definition) is 7. The van der Waals surface area contributed by atoms with Crippen molar-refractivity contribution in [3.05, 3.63) is 66.8 Å². The van der Waals surface area contributed by atoms with Gasteiger partial charge in [0.1, 0.15) is 29.2 Å². The molecule has 1 aromatic carbocycles. The van der Waals surface area contributed by atoms with Crippen molar-refractivity contribution < 1.29 is 22.4 Å². The number of carbonyl (C=O) groups is 1. The van der Waals surface area contributed by atoms with Crippen molar-refractivity contribution in [2.75, 3.05) is 10.6 Å². The van der Waals surface area contributed by atoms with E-state index in [2.05, 4.69) is 40.5 Å². The second-order valence-electron chi connectivity index (χ2n) is 8.52. The number of halogens is 4. The monoisotopic (exact) mass is 510 g/mol. The third-order valence-corrected chi connectivity index (χ3v) is 5.79. The average molecular weight is 510 g/mol. The topological polar surface area (TPSA) is 121 Å². The van der Waals surface area contributed by atoms with E-state index in [0.717, 1.165) is 12.3 Å². The Labute approximate surface area is 206 Å². The molecule has 37 heavy (non-hydrogen) atoms. The van der Waals surface area contributed by atoms with E-state index in [4.69, 9.17) is 0 Å². The third kappa shape index (κ3) is 4.75. The van der Waals surface area contributed by atoms with Gasteiger partial charge >= 0.3 is 6.18 Å². The quantitative estimate of drug-likeness (QED) is 0.319. The van der Waals surface area contributed by atoms with Gasteiger partial charge in [0, 0.05) is 29.9 Å². The fourth-order valence-corrected chi connectivity index (χ4v) is 3.86. The maximum atomic E-state index is 14.6. The molecule has 1 unspecified atom stereocenters. The van der Waals surface area contributed by atoms with Gasteiger partial charge < -0.3 is 15.6 Å². The Morgan fingerprint density at radius 3 is 2.78 bits per heavy atom. The molecular formula is C24H18F4N8O. The van der Waals surface area contributed by atoms with Gasteiger partial charge in [0.2, 0.25) is 5.91 Å². The number of fused-ring (bicyclic) bond motifs is 1. The predicted octanol–water partition coefficient (Wildman–Crippen LogP) is 5.16. The number of amides is 1. The van der Waals surface area contributed by atoms with Crippen LogP contribution in [0.5, 0.6) is 0 Å². The van der Waals surface area contributed by atoms with Gasteiger partial charge in [0.05, 0.1) is 23.0 Å². The Balaban J connectivity index is 1.41. The van der Waals surface area contributed by atoms with Gasteiger partial charge in [-0.05, 0) is 43.7 Å². The van der Waals surface area contributed by atoms with Gasteiger partial charge in [-0.1, -0.05) is 0 Å². The summed E-state index contributed by atoms with van der Waals surface area (Å²) in [7, 11) is 0. The summed E-state index contributed by atoms with van der Waals surface area (Å²) >= 11 is 0. The van der Waals surface area contributed by atoms with Gasteiger partial charge in [-0.3, -0.25) is 9.79 Å². The molecule has 188 valence electrons. The summed E-state index contributed by atoms with van der Waals surface area (Å²) in [5.41, 5.74) is -0.213. The highest BCUT2D eigenvalue weighted by atomic mass is 19.4. The lowest BCUT2D eigenvalue weighted by atomic mass is 9.82. The first kappa shape index (κ1) is 24.0. The lowest BCUT2D eigenvalue weighted by Gasteiger charge is -2.28. The summed E-state index contributed by atoms with van der Waals surface area (Å²) in [6, 6.07) is 7.37. The Morgan fingerprint density at radius 1 is 1.14 bits per heavy atom. The van der Waals surface area contributed by atoms with E-state index in [1.165, 1.54) is 31.7 Å². The molecule has 0 fully saturated rings. The molecule has 0 saturated carbocycles. The molecule has 5 rings (SSSR count). The van der Waals surface area contributed by atoms with Gasteiger partial charge in [-0.15, -0.1) is 0 Å². The molecule has 0 bridgehead atoms. The molecule has 0 saturated heterocycles. The molecule has 1 aliphatic rings. The minimum absolute atomic E-state index is 0.219. The number of rotatable bonds is 5. The average Bonchev–Trinajstić information content (AvgIpc) is 3.35. The first-order chi connectivity index (χ1) is 17.6. The van der Waals surface area contributed by atoms with Gasteiger partial charge in [-0.2, -0.15) is 13.2 Å². The first-order valence-electron chi connectivity index (χ1n) is 10.9. The van der Waals surface area contributed by atoms with Crippen molar-refractivity contribution in [1.82, 2.24) is 24.9 Å². The number of aromatic amines is 1. The molecule has 1 atom stereocenters. The van der Waals surface area contributed by atoms with E-state index in [1.54, 1.807) is 18.3 Å². The number of allylic oxidation sites excluding steroid dienone is 1. The van der Waals surface area contributed by atoms with Crippen molar-refractivity contribution in [2.24, 2.45) is 10.4 Å². The SMILES string of the molecule is CC1(C(=O)Nc2cc(Nc3ncccc3-c3ncnc4nc[nH]c34)ccc2F)C=NC=C(C(F)(F)F)C1. The van der Waals surface area contributed by atoms with Crippen molar-refractivity contribution in [2.45, 2.75) is 19.5 Å². The van der Waals surface area contributed by atoms with Crippen LogP contribution in [0, 0.1) is 11.2 Å². The number of aromatic nitrogens is 5. The Bertz CT molecular complexity index is 1560. The number of carbonyl (C=O) groups excluding carboxylic acids is 1. The van der Waals surface area contributed by atoms with E-state index < -0.39 is 35.3 Å². The molecule has 9 nitrogen and oxygen atoms in total. The number of alkyl halides is 3. The fourth-order valence-electron chi connectivity index (χ4n) is 3.86. The summed E-state index contributed by atoms with van der Waals surface area (Å²) < 4.78 is 54.1. The molecule has 1 amide bonds. The highest BCUT2D eigenvalue weighted by Gasteiger charge is 2.43. The second-order valence-corrected chi connectivity index (χ2v) is 8.52. The number of pyridine rings is 1. The summed E-state index contributed by atoms with van der Waals surface area (Å²) in [6.45, 7) is 1.31. The Morgan fingerprint density at radius 2 is 1.97 bits per heavy atom. The molecule has 1 aliphatic heterocycles. The minimum Gasteiger partial charge on any atom is -0.341 e. The van der Waals surface area contributed by atoms with Crippen LogP contribution in [-0.2, 0) is 4.79 Å². The van der Waals surface area contributed by atoms with Crippen LogP contribution in [0.3, 0.4) is 0 Å². The van der Waals surface area contributed by atoms with Gasteiger partial charge in [0.25, 0.3) is 0 Å². The molecule has 4 aromatic rings. The molecule has 4 heterocycles. The van der Waals surface area contributed by atoms with Crippen molar-refractivity contribution in [3.63, 3.8) is 0 Å². The first-order valence-corrected chi connectivity index (χ1v) is 10.9. The Kier molecular flexibility index (Phi) is 5.90.